The Hall–Kier alpha value is -2.29. The highest BCUT2D eigenvalue weighted by Gasteiger charge is 2.25. The molecule has 3 aromatic rings. The predicted molar refractivity (Wildman–Crippen MR) is 88.8 cm³/mol. The van der Waals surface area contributed by atoms with Gasteiger partial charge < -0.3 is 5.11 Å². The van der Waals surface area contributed by atoms with Gasteiger partial charge in [-0.05, 0) is 29.8 Å². The predicted octanol–water partition coefficient (Wildman–Crippen LogP) is 3.06. The maximum absolute atomic E-state index is 13.4. The number of sulfonamides is 1. The molecule has 0 bridgehead atoms. The quantitative estimate of drug-likeness (QED) is 0.729. The molecule has 2 N–H and O–H groups in total. The second-order valence-corrected chi connectivity index (χ2v) is 7.69. The maximum atomic E-state index is 13.4. The van der Waals surface area contributed by atoms with Crippen LogP contribution in [0.4, 0.5) is 4.39 Å². The Labute approximate surface area is 142 Å². The van der Waals surface area contributed by atoms with Crippen LogP contribution in [0.3, 0.4) is 0 Å². The van der Waals surface area contributed by atoms with Crippen LogP contribution in [0.5, 0.6) is 5.75 Å². The third-order valence-electron chi connectivity index (χ3n) is 3.30. The zero-order valence-corrected chi connectivity index (χ0v) is 13.9. The van der Waals surface area contributed by atoms with E-state index in [-0.39, 0.29) is 15.7 Å². The van der Waals surface area contributed by atoms with E-state index in [4.69, 9.17) is 0 Å². The van der Waals surface area contributed by atoms with Crippen molar-refractivity contribution < 1.29 is 17.9 Å². The Balaban J connectivity index is 2.01. The number of hydrogen-bond donors (Lipinski definition) is 2. The number of aromatic hydroxyl groups is 1. The molecule has 1 aromatic heterocycles. The van der Waals surface area contributed by atoms with Gasteiger partial charge in [0.1, 0.15) is 10.8 Å². The molecule has 0 spiro atoms. The molecule has 0 saturated heterocycles. The topological polar surface area (TPSA) is 79.3 Å². The van der Waals surface area contributed by atoms with E-state index in [1.54, 1.807) is 30.3 Å². The summed E-state index contributed by atoms with van der Waals surface area (Å²) >= 11 is 0.764. The molecule has 0 amide bonds. The second-order valence-electron chi connectivity index (χ2n) is 4.96. The number of benzene rings is 2. The van der Waals surface area contributed by atoms with Gasteiger partial charge in [-0.3, -0.25) is 0 Å². The van der Waals surface area contributed by atoms with Crippen molar-refractivity contribution in [3.8, 4) is 5.75 Å². The van der Waals surface area contributed by atoms with E-state index >= 15 is 0 Å². The van der Waals surface area contributed by atoms with Crippen LogP contribution in [0.2, 0.25) is 0 Å². The zero-order valence-electron chi connectivity index (χ0n) is 12.3. The van der Waals surface area contributed by atoms with E-state index in [2.05, 4.69) is 9.71 Å². The second kappa shape index (κ2) is 6.68. The molecule has 0 aliphatic carbocycles. The van der Waals surface area contributed by atoms with Gasteiger partial charge in [0.25, 0.3) is 0 Å². The van der Waals surface area contributed by atoms with Crippen LogP contribution in [-0.4, -0.2) is 18.5 Å². The van der Waals surface area contributed by atoms with Gasteiger partial charge in [0.2, 0.25) is 10.0 Å². The minimum Gasteiger partial charge on any atom is -0.508 e. The molecule has 0 saturated carbocycles. The van der Waals surface area contributed by atoms with Crippen molar-refractivity contribution in [1.82, 2.24) is 9.71 Å². The minimum atomic E-state index is -3.82. The molecule has 1 unspecified atom stereocenters. The fourth-order valence-electron chi connectivity index (χ4n) is 2.15. The van der Waals surface area contributed by atoms with Crippen molar-refractivity contribution in [2.45, 2.75) is 10.9 Å². The van der Waals surface area contributed by atoms with E-state index in [1.807, 2.05) is 0 Å². The van der Waals surface area contributed by atoms with E-state index < -0.39 is 21.2 Å². The number of rotatable bonds is 5. The lowest BCUT2D eigenvalue weighted by Gasteiger charge is -2.17. The Morgan fingerprint density at radius 3 is 2.33 bits per heavy atom. The highest BCUT2D eigenvalue weighted by Crippen LogP contribution is 2.28. The summed E-state index contributed by atoms with van der Waals surface area (Å²) in [5.41, 5.74) is 0.543. The van der Waals surface area contributed by atoms with Gasteiger partial charge in [-0.25, -0.2) is 13.4 Å². The number of aromatic nitrogens is 1. The van der Waals surface area contributed by atoms with Crippen LogP contribution < -0.4 is 4.72 Å². The smallest absolute Gasteiger partial charge is 0.241 e. The molecule has 24 heavy (non-hydrogen) atoms. The van der Waals surface area contributed by atoms with Crippen molar-refractivity contribution in [2.75, 3.05) is 0 Å². The van der Waals surface area contributed by atoms with Gasteiger partial charge in [-0.1, -0.05) is 41.7 Å². The lowest BCUT2D eigenvalue weighted by Crippen LogP contribution is -2.29. The van der Waals surface area contributed by atoms with Crippen LogP contribution in [0.25, 0.3) is 0 Å². The number of hydrogen-bond acceptors (Lipinski definition) is 5. The van der Waals surface area contributed by atoms with Crippen molar-refractivity contribution >= 4 is 21.4 Å². The van der Waals surface area contributed by atoms with Gasteiger partial charge in [-0.2, -0.15) is 9.11 Å². The standard InChI is InChI=1S/C16H13FN2O3S2/c17-14-10-18-16(23-14)15(11-6-8-12(20)9-7-11)19-24(21,22)13-4-2-1-3-5-13/h1-10,15,19-20H. The van der Waals surface area contributed by atoms with E-state index in [9.17, 15) is 17.9 Å². The number of phenols is 1. The van der Waals surface area contributed by atoms with Crippen LogP contribution in [0, 0.1) is 5.13 Å². The monoisotopic (exact) mass is 364 g/mol. The summed E-state index contributed by atoms with van der Waals surface area (Å²) < 4.78 is 41.1. The molecule has 1 atom stereocenters. The molecule has 8 heteroatoms. The molecular weight excluding hydrogens is 351 g/mol. The summed E-state index contributed by atoms with van der Waals surface area (Å²) in [6.07, 6.45) is 1.05. The Kier molecular flexibility index (Phi) is 4.61. The van der Waals surface area contributed by atoms with Gasteiger partial charge in [0, 0.05) is 0 Å². The summed E-state index contributed by atoms with van der Waals surface area (Å²) in [4.78, 5) is 4.05. The van der Waals surface area contributed by atoms with Crippen molar-refractivity contribution in [1.29, 1.82) is 0 Å². The van der Waals surface area contributed by atoms with Gasteiger partial charge >= 0.3 is 0 Å². The fraction of sp³-hybridized carbons (Fsp3) is 0.0625. The van der Waals surface area contributed by atoms with Crippen LogP contribution in [-0.2, 0) is 10.0 Å². The van der Waals surface area contributed by atoms with Crippen LogP contribution >= 0.6 is 11.3 Å². The number of thiazole rings is 1. The molecule has 2 aromatic carbocycles. The summed E-state index contributed by atoms with van der Waals surface area (Å²) in [7, 11) is -3.82. The summed E-state index contributed by atoms with van der Waals surface area (Å²) in [5, 5.41) is 9.18. The highest BCUT2D eigenvalue weighted by atomic mass is 32.2. The van der Waals surface area contributed by atoms with Gasteiger partial charge in [0.15, 0.2) is 5.13 Å². The molecule has 0 aliphatic rings. The molecule has 1 heterocycles. The van der Waals surface area contributed by atoms with Crippen molar-refractivity contribution in [3.05, 3.63) is 76.5 Å². The molecule has 0 fully saturated rings. The van der Waals surface area contributed by atoms with Crippen molar-refractivity contribution in [3.63, 3.8) is 0 Å². The summed E-state index contributed by atoms with van der Waals surface area (Å²) in [6, 6.07) is 13.0. The zero-order chi connectivity index (χ0) is 17.2. The minimum absolute atomic E-state index is 0.0498. The molecule has 0 radical (unpaired) electrons. The largest absolute Gasteiger partial charge is 0.508 e. The van der Waals surface area contributed by atoms with Crippen LogP contribution in [0.1, 0.15) is 16.6 Å². The third kappa shape index (κ3) is 3.61. The Morgan fingerprint density at radius 2 is 1.75 bits per heavy atom. The number of phenolic OH excluding ortho intramolecular Hbond substituents is 1. The average Bonchev–Trinajstić information content (AvgIpc) is 3.01. The normalized spacial score (nSPS) is 12.9. The van der Waals surface area contributed by atoms with Gasteiger partial charge in [0.05, 0.1) is 17.1 Å². The van der Waals surface area contributed by atoms with E-state index in [0.29, 0.717) is 5.56 Å². The lowest BCUT2D eigenvalue weighted by atomic mass is 10.1. The first-order valence-corrected chi connectivity index (χ1v) is 9.23. The van der Waals surface area contributed by atoms with Crippen LogP contribution in [0.15, 0.2) is 65.7 Å². The van der Waals surface area contributed by atoms with Gasteiger partial charge in [-0.15, -0.1) is 0 Å². The number of nitrogens with zero attached hydrogens (tertiary/aromatic N) is 1. The first-order valence-electron chi connectivity index (χ1n) is 6.93. The Bertz CT molecular complexity index is 925. The maximum Gasteiger partial charge on any atom is 0.241 e. The number of halogens is 1. The first kappa shape index (κ1) is 16.6. The first-order chi connectivity index (χ1) is 11.5. The molecule has 5 nitrogen and oxygen atoms in total. The molecule has 124 valence electrons. The molecular formula is C16H13FN2O3S2. The SMILES string of the molecule is O=S(=O)(NC(c1ccc(O)cc1)c1ncc(F)s1)c1ccccc1. The molecule has 3 rings (SSSR count). The molecule has 0 aliphatic heterocycles. The summed E-state index contributed by atoms with van der Waals surface area (Å²) in [5.74, 6) is 0.0498. The average molecular weight is 364 g/mol. The highest BCUT2D eigenvalue weighted by molar-refractivity contribution is 7.89. The van der Waals surface area contributed by atoms with Crippen molar-refractivity contribution in [2.24, 2.45) is 0 Å². The Morgan fingerprint density at radius 1 is 1.08 bits per heavy atom. The summed E-state index contributed by atoms with van der Waals surface area (Å²) in [6.45, 7) is 0. The lowest BCUT2D eigenvalue weighted by molar-refractivity contribution is 0.475. The van der Waals surface area contributed by atoms with E-state index in [1.165, 1.54) is 24.3 Å². The third-order valence-corrected chi connectivity index (χ3v) is 5.58. The fourth-order valence-corrected chi connectivity index (χ4v) is 4.16. The number of nitrogens with one attached hydrogen (secondary N) is 1. The van der Waals surface area contributed by atoms with E-state index in [0.717, 1.165) is 17.5 Å².